The van der Waals surface area contributed by atoms with E-state index in [9.17, 15) is 9.90 Å². The number of aromatic nitrogens is 1. The van der Waals surface area contributed by atoms with Crippen LogP contribution in [0.3, 0.4) is 0 Å². The van der Waals surface area contributed by atoms with Crippen LogP contribution in [0.15, 0.2) is 36.5 Å². The number of carbonyl (C=O) groups excluding carboxylic acids is 1. The van der Waals surface area contributed by atoms with Crippen molar-refractivity contribution >= 4 is 11.6 Å². The van der Waals surface area contributed by atoms with Gasteiger partial charge in [-0.2, -0.15) is 0 Å². The molecule has 6 heteroatoms. The summed E-state index contributed by atoms with van der Waals surface area (Å²) in [5.41, 5.74) is 7.04. The molecule has 0 fully saturated rings. The Kier molecular flexibility index (Phi) is 4.17. The maximum Gasteiger partial charge on any atom is 0.255 e. The Bertz CT molecular complexity index is 629. The van der Waals surface area contributed by atoms with Gasteiger partial charge >= 0.3 is 0 Å². The lowest BCUT2D eigenvalue weighted by atomic mass is 10.2. The molecular weight excluding hydrogens is 258 g/mol. The van der Waals surface area contributed by atoms with Gasteiger partial charge in [0.15, 0.2) is 11.5 Å². The molecule has 4 N–H and O–H groups in total. The summed E-state index contributed by atoms with van der Waals surface area (Å²) in [5.74, 6) is 0.00618. The molecule has 1 heterocycles. The topological polar surface area (TPSA) is 97.5 Å². The molecular formula is C14H15N3O3. The van der Waals surface area contributed by atoms with Crippen LogP contribution in [0.1, 0.15) is 16.1 Å². The summed E-state index contributed by atoms with van der Waals surface area (Å²) in [6.07, 6.45) is 1.53. The second-order valence-corrected chi connectivity index (χ2v) is 4.08. The summed E-state index contributed by atoms with van der Waals surface area (Å²) in [7, 11) is 1.46. The van der Waals surface area contributed by atoms with Crippen molar-refractivity contribution < 1.29 is 14.6 Å². The molecule has 1 amide bonds. The fourth-order valence-electron chi connectivity index (χ4n) is 1.70. The third-order valence-corrected chi connectivity index (χ3v) is 2.72. The van der Waals surface area contributed by atoms with Gasteiger partial charge in [-0.3, -0.25) is 9.78 Å². The molecule has 0 unspecified atom stereocenters. The van der Waals surface area contributed by atoms with Gasteiger partial charge in [0, 0.05) is 30.1 Å². The van der Waals surface area contributed by atoms with E-state index < -0.39 is 0 Å². The zero-order chi connectivity index (χ0) is 14.5. The molecule has 0 spiro atoms. The van der Waals surface area contributed by atoms with Gasteiger partial charge in [-0.1, -0.05) is 0 Å². The van der Waals surface area contributed by atoms with Crippen molar-refractivity contribution in [3.8, 4) is 11.5 Å². The number of amides is 1. The van der Waals surface area contributed by atoms with E-state index in [4.69, 9.17) is 10.5 Å². The molecule has 0 atom stereocenters. The summed E-state index contributed by atoms with van der Waals surface area (Å²) < 4.78 is 4.93. The number of hydrogen-bond donors (Lipinski definition) is 3. The van der Waals surface area contributed by atoms with Crippen molar-refractivity contribution in [2.45, 2.75) is 6.54 Å². The van der Waals surface area contributed by atoms with Gasteiger partial charge in [-0.25, -0.2) is 0 Å². The van der Waals surface area contributed by atoms with E-state index in [1.165, 1.54) is 19.4 Å². The number of nitrogens with one attached hydrogen (secondary N) is 1. The Hall–Kier alpha value is -2.60. The molecule has 0 saturated carbocycles. The van der Waals surface area contributed by atoms with Crippen molar-refractivity contribution in [1.29, 1.82) is 0 Å². The predicted octanol–water partition coefficient (Wildman–Crippen LogP) is 1.51. The lowest BCUT2D eigenvalue weighted by Gasteiger charge is -2.08. The summed E-state index contributed by atoms with van der Waals surface area (Å²) in [6.45, 7) is 0.268. The Labute approximate surface area is 116 Å². The standard InChI is InChI=1S/C14H15N3O3/c1-20-13-3-2-10(7-12(13)18)17-14(19)9-4-5-16-11(6-9)8-15/h2-7,18H,8,15H2,1H3,(H,17,19). The largest absolute Gasteiger partial charge is 0.504 e. The smallest absolute Gasteiger partial charge is 0.255 e. The van der Waals surface area contributed by atoms with E-state index in [1.54, 1.807) is 24.3 Å². The molecule has 0 aliphatic rings. The van der Waals surface area contributed by atoms with Crippen LogP contribution in [0.5, 0.6) is 11.5 Å². The highest BCUT2D eigenvalue weighted by atomic mass is 16.5. The second kappa shape index (κ2) is 6.03. The molecule has 2 rings (SSSR count). The van der Waals surface area contributed by atoms with Crippen molar-refractivity contribution in [1.82, 2.24) is 4.98 Å². The third-order valence-electron chi connectivity index (χ3n) is 2.72. The maximum atomic E-state index is 12.1. The highest BCUT2D eigenvalue weighted by Crippen LogP contribution is 2.28. The fourth-order valence-corrected chi connectivity index (χ4v) is 1.70. The molecule has 1 aromatic carbocycles. The molecule has 2 aromatic rings. The highest BCUT2D eigenvalue weighted by molar-refractivity contribution is 6.04. The minimum atomic E-state index is -0.299. The van der Waals surface area contributed by atoms with Crippen LogP contribution in [0.2, 0.25) is 0 Å². The molecule has 20 heavy (non-hydrogen) atoms. The quantitative estimate of drug-likeness (QED) is 0.784. The lowest BCUT2D eigenvalue weighted by molar-refractivity contribution is 0.102. The molecule has 0 saturated heterocycles. The minimum Gasteiger partial charge on any atom is -0.504 e. The highest BCUT2D eigenvalue weighted by Gasteiger charge is 2.09. The van der Waals surface area contributed by atoms with Gasteiger partial charge in [0.2, 0.25) is 0 Å². The average Bonchev–Trinajstić information content (AvgIpc) is 2.47. The van der Waals surface area contributed by atoms with Crippen molar-refractivity contribution in [3.63, 3.8) is 0 Å². The zero-order valence-corrected chi connectivity index (χ0v) is 11.0. The van der Waals surface area contributed by atoms with Crippen LogP contribution in [0.4, 0.5) is 5.69 Å². The minimum absolute atomic E-state index is 0.0392. The third kappa shape index (κ3) is 3.04. The normalized spacial score (nSPS) is 10.1. The molecule has 0 aliphatic heterocycles. The van der Waals surface area contributed by atoms with E-state index >= 15 is 0 Å². The van der Waals surface area contributed by atoms with E-state index in [2.05, 4.69) is 10.3 Å². The maximum absolute atomic E-state index is 12.1. The van der Waals surface area contributed by atoms with Gasteiger partial charge in [0.1, 0.15) is 0 Å². The number of carbonyl (C=O) groups is 1. The molecule has 0 bridgehead atoms. The Morgan fingerprint density at radius 3 is 2.85 bits per heavy atom. The van der Waals surface area contributed by atoms with E-state index in [0.29, 0.717) is 22.7 Å². The first kappa shape index (κ1) is 13.8. The number of ether oxygens (including phenoxy) is 1. The van der Waals surface area contributed by atoms with Gasteiger partial charge < -0.3 is 20.9 Å². The van der Waals surface area contributed by atoms with Crippen LogP contribution in [0.25, 0.3) is 0 Å². The van der Waals surface area contributed by atoms with Crippen molar-refractivity contribution in [2.24, 2.45) is 5.73 Å². The number of nitrogens with two attached hydrogens (primary N) is 1. The van der Waals surface area contributed by atoms with Gasteiger partial charge in [-0.15, -0.1) is 0 Å². The number of benzene rings is 1. The first-order valence-electron chi connectivity index (χ1n) is 5.97. The van der Waals surface area contributed by atoms with Crippen LogP contribution in [0, 0.1) is 0 Å². The van der Waals surface area contributed by atoms with Gasteiger partial charge in [0.25, 0.3) is 5.91 Å². The number of methoxy groups -OCH3 is 1. The number of pyridine rings is 1. The first-order valence-corrected chi connectivity index (χ1v) is 5.97. The summed E-state index contributed by atoms with van der Waals surface area (Å²) >= 11 is 0. The fraction of sp³-hybridized carbons (Fsp3) is 0.143. The Morgan fingerprint density at radius 1 is 1.40 bits per heavy atom. The second-order valence-electron chi connectivity index (χ2n) is 4.08. The van der Waals surface area contributed by atoms with Crippen molar-refractivity contribution in [3.05, 3.63) is 47.8 Å². The van der Waals surface area contributed by atoms with Gasteiger partial charge in [0.05, 0.1) is 12.8 Å². The number of rotatable bonds is 4. The molecule has 0 radical (unpaired) electrons. The lowest BCUT2D eigenvalue weighted by Crippen LogP contribution is -2.13. The Balaban J connectivity index is 2.16. The molecule has 0 aliphatic carbocycles. The van der Waals surface area contributed by atoms with Crippen LogP contribution in [-0.4, -0.2) is 23.1 Å². The van der Waals surface area contributed by atoms with Crippen LogP contribution < -0.4 is 15.8 Å². The number of phenolic OH excluding ortho intramolecular Hbond substituents is 1. The molecule has 104 valence electrons. The van der Waals surface area contributed by atoms with E-state index in [0.717, 1.165) is 0 Å². The number of aromatic hydroxyl groups is 1. The van der Waals surface area contributed by atoms with Crippen LogP contribution in [-0.2, 0) is 6.54 Å². The molecule has 1 aromatic heterocycles. The Morgan fingerprint density at radius 2 is 2.20 bits per heavy atom. The van der Waals surface area contributed by atoms with Gasteiger partial charge in [-0.05, 0) is 24.3 Å². The van der Waals surface area contributed by atoms with Crippen molar-refractivity contribution in [2.75, 3.05) is 12.4 Å². The number of phenols is 1. The number of anilines is 1. The first-order chi connectivity index (χ1) is 9.63. The monoisotopic (exact) mass is 273 g/mol. The van der Waals surface area contributed by atoms with E-state index in [-0.39, 0.29) is 18.2 Å². The summed E-state index contributed by atoms with van der Waals surface area (Å²) in [6, 6.07) is 7.85. The predicted molar refractivity (Wildman–Crippen MR) is 74.7 cm³/mol. The zero-order valence-electron chi connectivity index (χ0n) is 11.0. The number of hydrogen-bond acceptors (Lipinski definition) is 5. The SMILES string of the molecule is COc1ccc(NC(=O)c2ccnc(CN)c2)cc1O. The molecule has 6 nitrogen and oxygen atoms in total. The van der Waals surface area contributed by atoms with E-state index in [1.807, 2.05) is 0 Å². The summed E-state index contributed by atoms with van der Waals surface area (Å²) in [5, 5.41) is 12.3. The number of nitrogens with zero attached hydrogens (tertiary/aromatic N) is 1. The summed E-state index contributed by atoms with van der Waals surface area (Å²) in [4.78, 5) is 16.1. The average molecular weight is 273 g/mol. The van der Waals surface area contributed by atoms with Crippen LogP contribution >= 0.6 is 0 Å².